The normalized spacial score (nSPS) is 24.0. The highest BCUT2D eigenvalue weighted by Crippen LogP contribution is 2.28. The lowest BCUT2D eigenvalue weighted by Crippen LogP contribution is -2.43. The highest BCUT2D eigenvalue weighted by Gasteiger charge is 2.31. The zero-order chi connectivity index (χ0) is 14.9. The van der Waals surface area contributed by atoms with Crippen LogP contribution < -0.4 is 0 Å². The highest BCUT2D eigenvalue weighted by molar-refractivity contribution is 9.10. The fourth-order valence-electron chi connectivity index (χ4n) is 3.11. The second-order valence-electron chi connectivity index (χ2n) is 6.44. The van der Waals surface area contributed by atoms with Gasteiger partial charge >= 0.3 is 0 Å². The van der Waals surface area contributed by atoms with Crippen LogP contribution in [0, 0.1) is 11.8 Å². The smallest absolute Gasteiger partial charge is 0.270 e. The lowest BCUT2D eigenvalue weighted by molar-refractivity contribution is 0.0621. The van der Waals surface area contributed by atoms with Gasteiger partial charge in [-0.2, -0.15) is 0 Å². The average Bonchev–Trinajstić information content (AvgIpc) is 2.59. The standard InChI is InChI=1S/C16H25BrN2O/c1-11(2)14-6-5-12(3)7-8-19(14)16(20)15-9-13(17)10-18(15)4/h9-12,14H,5-8H2,1-4H3. The van der Waals surface area contributed by atoms with Gasteiger partial charge in [-0.25, -0.2) is 0 Å². The Morgan fingerprint density at radius 2 is 2.05 bits per heavy atom. The maximum Gasteiger partial charge on any atom is 0.270 e. The molecule has 0 saturated carbocycles. The third kappa shape index (κ3) is 3.27. The number of carbonyl (C=O) groups is 1. The molecule has 1 fully saturated rings. The van der Waals surface area contributed by atoms with Crippen molar-refractivity contribution >= 4 is 21.8 Å². The molecule has 1 aromatic heterocycles. The van der Waals surface area contributed by atoms with E-state index < -0.39 is 0 Å². The largest absolute Gasteiger partial charge is 0.345 e. The fourth-order valence-corrected chi connectivity index (χ4v) is 3.63. The number of rotatable bonds is 2. The Bertz CT molecular complexity index is 481. The van der Waals surface area contributed by atoms with Gasteiger partial charge in [-0.15, -0.1) is 0 Å². The van der Waals surface area contributed by atoms with Crippen molar-refractivity contribution in [3.63, 3.8) is 0 Å². The number of halogens is 1. The molecule has 0 bridgehead atoms. The Labute approximate surface area is 130 Å². The van der Waals surface area contributed by atoms with E-state index in [1.807, 2.05) is 23.9 Å². The van der Waals surface area contributed by atoms with Crippen LogP contribution in [-0.4, -0.2) is 28.0 Å². The summed E-state index contributed by atoms with van der Waals surface area (Å²) >= 11 is 3.45. The second kappa shape index (κ2) is 6.33. The topological polar surface area (TPSA) is 25.2 Å². The molecule has 1 aliphatic heterocycles. The number of likely N-dealkylation sites (tertiary alicyclic amines) is 1. The summed E-state index contributed by atoms with van der Waals surface area (Å²) in [5, 5.41) is 0. The van der Waals surface area contributed by atoms with Crippen LogP contribution in [0.1, 0.15) is 50.5 Å². The van der Waals surface area contributed by atoms with Crippen molar-refractivity contribution in [3.05, 3.63) is 22.4 Å². The van der Waals surface area contributed by atoms with Crippen molar-refractivity contribution in [2.75, 3.05) is 6.54 Å². The van der Waals surface area contributed by atoms with Crippen LogP contribution >= 0.6 is 15.9 Å². The molecule has 3 nitrogen and oxygen atoms in total. The van der Waals surface area contributed by atoms with E-state index in [2.05, 4.69) is 41.6 Å². The monoisotopic (exact) mass is 340 g/mol. The van der Waals surface area contributed by atoms with Gasteiger partial charge in [0.15, 0.2) is 0 Å². The molecular formula is C16H25BrN2O. The number of hydrogen-bond acceptors (Lipinski definition) is 1. The van der Waals surface area contributed by atoms with Crippen LogP contribution in [-0.2, 0) is 7.05 Å². The van der Waals surface area contributed by atoms with Gasteiger partial charge in [-0.3, -0.25) is 4.79 Å². The first-order valence-corrected chi connectivity index (χ1v) is 8.32. The first kappa shape index (κ1) is 15.6. The molecule has 1 aromatic rings. The van der Waals surface area contributed by atoms with Crippen molar-refractivity contribution in [2.45, 2.75) is 46.1 Å². The van der Waals surface area contributed by atoms with Crippen LogP contribution in [0.25, 0.3) is 0 Å². The van der Waals surface area contributed by atoms with Crippen molar-refractivity contribution in [1.29, 1.82) is 0 Å². The number of hydrogen-bond donors (Lipinski definition) is 0. The minimum atomic E-state index is 0.172. The maximum absolute atomic E-state index is 12.9. The van der Waals surface area contributed by atoms with Crippen molar-refractivity contribution in [3.8, 4) is 0 Å². The number of carbonyl (C=O) groups excluding carboxylic acids is 1. The number of nitrogens with zero attached hydrogens (tertiary/aromatic N) is 2. The van der Waals surface area contributed by atoms with E-state index in [1.54, 1.807) is 0 Å². The Kier molecular flexibility index (Phi) is 4.95. The Morgan fingerprint density at radius 1 is 1.35 bits per heavy atom. The lowest BCUT2D eigenvalue weighted by atomic mass is 9.95. The molecular weight excluding hydrogens is 316 g/mol. The molecule has 2 heterocycles. The predicted octanol–water partition coefficient (Wildman–Crippen LogP) is 4.07. The molecule has 2 atom stereocenters. The first-order chi connectivity index (χ1) is 9.40. The molecule has 0 N–H and O–H groups in total. The molecule has 1 amide bonds. The summed E-state index contributed by atoms with van der Waals surface area (Å²) in [5.74, 6) is 1.40. The molecule has 2 unspecified atom stereocenters. The van der Waals surface area contributed by atoms with Gasteiger partial charge < -0.3 is 9.47 Å². The van der Waals surface area contributed by atoms with Crippen molar-refractivity contribution in [1.82, 2.24) is 9.47 Å². The summed E-state index contributed by atoms with van der Waals surface area (Å²) in [6, 6.07) is 2.29. The van der Waals surface area contributed by atoms with Crippen LogP contribution in [0.5, 0.6) is 0 Å². The van der Waals surface area contributed by atoms with Gasteiger partial charge in [0, 0.05) is 30.3 Å². The molecule has 1 saturated heterocycles. The number of aryl methyl sites for hydroxylation is 1. The molecule has 1 aliphatic rings. The van der Waals surface area contributed by atoms with Crippen LogP contribution in [0.2, 0.25) is 0 Å². The Morgan fingerprint density at radius 3 is 2.60 bits per heavy atom. The quantitative estimate of drug-likeness (QED) is 0.796. The lowest BCUT2D eigenvalue weighted by Gasteiger charge is -2.33. The van der Waals surface area contributed by atoms with E-state index in [0.29, 0.717) is 17.9 Å². The summed E-state index contributed by atoms with van der Waals surface area (Å²) in [6.07, 6.45) is 5.40. The van der Waals surface area contributed by atoms with Gasteiger partial charge in [-0.05, 0) is 53.1 Å². The van der Waals surface area contributed by atoms with Gasteiger partial charge in [-0.1, -0.05) is 20.8 Å². The highest BCUT2D eigenvalue weighted by atomic mass is 79.9. The van der Waals surface area contributed by atoms with E-state index in [-0.39, 0.29) is 5.91 Å². The maximum atomic E-state index is 12.9. The summed E-state index contributed by atoms with van der Waals surface area (Å²) in [5.41, 5.74) is 0.775. The summed E-state index contributed by atoms with van der Waals surface area (Å²) in [6.45, 7) is 7.62. The number of amides is 1. The third-order valence-electron chi connectivity index (χ3n) is 4.44. The van der Waals surface area contributed by atoms with Gasteiger partial charge in [0.25, 0.3) is 5.91 Å². The molecule has 4 heteroatoms. The minimum absolute atomic E-state index is 0.172. The van der Waals surface area contributed by atoms with Gasteiger partial charge in [0.05, 0.1) is 0 Å². The van der Waals surface area contributed by atoms with Crippen molar-refractivity contribution in [2.24, 2.45) is 18.9 Å². The third-order valence-corrected chi connectivity index (χ3v) is 4.87. The molecule has 0 aliphatic carbocycles. The number of aromatic nitrogens is 1. The Hall–Kier alpha value is -0.770. The van der Waals surface area contributed by atoms with E-state index in [1.165, 1.54) is 6.42 Å². The molecule has 2 rings (SSSR count). The van der Waals surface area contributed by atoms with Crippen LogP contribution in [0.15, 0.2) is 16.7 Å². The molecule has 0 spiro atoms. The van der Waals surface area contributed by atoms with Gasteiger partial charge in [0.2, 0.25) is 0 Å². The first-order valence-electron chi connectivity index (χ1n) is 7.53. The SMILES string of the molecule is CC1CCC(C(C)C)N(C(=O)c2cc(Br)cn2C)CC1. The minimum Gasteiger partial charge on any atom is -0.345 e. The van der Waals surface area contributed by atoms with Crippen molar-refractivity contribution < 1.29 is 4.79 Å². The average molecular weight is 341 g/mol. The summed E-state index contributed by atoms with van der Waals surface area (Å²) < 4.78 is 2.88. The summed E-state index contributed by atoms with van der Waals surface area (Å²) in [4.78, 5) is 15.0. The zero-order valence-corrected chi connectivity index (χ0v) is 14.5. The van der Waals surface area contributed by atoms with E-state index in [4.69, 9.17) is 0 Å². The summed E-state index contributed by atoms with van der Waals surface area (Å²) in [7, 11) is 1.93. The molecule has 0 radical (unpaired) electrons. The molecule has 0 aromatic carbocycles. The van der Waals surface area contributed by atoms with E-state index >= 15 is 0 Å². The molecule has 20 heavy (non-hydrogen) atoms. The molecule has 112 valence electrons. The second-order valence-corrected chi connectivity index (χ2v) is 7.35. The zero-order valence-electron chi connectivity index (χ0n) is 12.9. The van der Waals surface area contributed by atoms with Crippen LogP contribution in [0.3, 0.4) is 0 Å². The van der Waals surface area contributed by atoms with E-state index in [0.717, 1.165) is 29.6 Å². The van der Waals surface area contributed by atoms with E-state index in [9.17, 15) is 4.79 Å². The van der Waals surface area contributed by atoms with Crippen LogP contribution in [0.4, 0.5) is 0 Å². The fraction of sp³-hybridized carbons (Fsp3) is 0.688. The Balaban J connectivity index is 2.26. The van der Waals surface area contributed by atoms with Gasteiger partial charge in [0.1, 0.15) is 5.69 Å². The predicted molar refractivity (Wildman–Crippen MR) is 85.8 cm³/mol.